The third-order valence-electron chi connectivity index (χ3n) is 3.13. The lowest BCUT2D eigenvalue weighted by Crippen LogP contribution is -2.08. The van der Waals surface area contributed by atoms with Crippen LogP contribution in [0.1, 0.15) is 38.7 Å². The Morgan fingerprint density at radius 1 is 1.08 bits per heavy atom. The van der Waals surface area contributed by atoms with E-state index in [1.807, 2.05) is 0 Å². The van der Waals surface area contributed by atoms with Gasteiger partial charge in [0.1, 0.15) is 0 Å². The van der Waals surface area contributed by atoms with Crippen LogP contribution in [0.4, 0.5) is 0 Å². The van der Waals surface area contributed by atoms with Gasteiger partial charge in [-0.25, -0.2) is 0 Å². The average molecular weight is 174 g/mol. The van der Waals surface area contributed by atoms with E-state index in [4.69, 9.17) is 0 Å². The summed E-state index contributed by atoms with van der Waals surface area (Å²) in [7, 11) is 0. The fourth-order valence-corrected chi connectivity index (χ4v) is 2.22. The summed E-state index contributed by atoms with van der Waals surface area (Å²) in [4.78, 5) is 0. The highest BCUT2D eigenvalue weighted by atomic mass is 14.5. The molecule has 1 saturated carbocycles. The summed E-state index contributed by atoms with van der Waals surface area (Å²) in [6, 6.07) is 10.9. The predicted octanol–water partition coefficient (Wildman–Crippen LogP) is 3.84. The maximum atomic E-state index is 2.35. The molecule has 13 heavy (non-hydrogen) atoms. The summed E-state index contributed by atoms with van der Waals surface area (Å²) >= 11 is 0. The maximum absolute atomic E-state index is 2.35. The van der Waals surface area contributed by atoms with Crippen molar-refractivity contribution >= 4 is 0 Å². The monoisotopic (exact) mass is 174 g/mol. The van der Waals surface area contributed by atoms with Crippen molar-refractivity contribution in [3.05, 3.63) is 35.9 Å². The topological polar surface area (TPSA) is 0 Å². The van der Waals surface area contributed by atoms with Crippen molar-refractivity contribution in [3.63, 3.8) is 0 Å². The molecule has 0 spiro atoms. The van der Waals surface area contributed by atoms with E-state index in [9.17, 15) is 0 Å². The quantitative estimate of drug-likeness (QED) is 0.607. The fraction of sp³-hybridized carbons (Fsp3) is 0.538. The Balaban J connectivity index is 2.09. The summed E-state index contributed by atoms with van der Waals surface area (Å²) in [6.45, 7) is 7.04. The molecular formula is C13H18. The van der Waals surface area contributed by atoms with Crippen molar-refractivity contribution in [3.8, 4) is 0 Å². The highest BCUT2D eigenvalue weighted by molar-refractivity contribution is 5.26. The summed E-state index contributed by atoms with van der Waals surface area (Å²) in [6.07, 6.45) is 1.38. The second-order valence-electron chi connectivity index (χ2n) is 5.23. The molecule has 0 aromatic heterocycles. The Morgan fingerprint density at radius 2 is 1.69 bits per heavy atom. The van der Waals surface area contributed by atoms with Crippen LogP contribution in [0.25, 0.3) is 0 Å². The maximum Gasteiger partial charge on any atom is -0.0125 e. The molecule has 0 aliphatic heterocycles. The van der Waals surface area contributed by atoms with Gasteiger partial charge >= 0.3 is 0 Å². The average Bonchev–Trinajstić information content (AvgIpc) is 2.83. The van der Waals surface area contributed by atoms with Gasteiger partial charge in [-0.2, -0.15) is 0 Å². The standard InChI is InChI=1S/C13H18/c1-13(2,3)12-9-11(12)10-7-5-4-6-8-10/h4-8,11-12H,9H2,1-3H3. The van der Waals surface area contributed by atoms with Gasteiger partial charge in [0.25, 0.3) is 0 Å². The fourth-order valence-electron chi connectivity index (χ4n) is 2.22. The first-order chi connectivity index (χ1) is 6.09. The third-order valence-corrected chi connectivity index (χ3v) is 3.13. The molecule has 0 heteroatoms. The van der Waals surface area contributed by atoms with Gasteiger partial charge in [0.05, 0.1) is 0 Å². The van der Waals surface area contributed by atoms with E-state index < -0.39 is 0 Å². The van der Waals surface area contributed by atoms with Crippen LogP contribution < -0.4 is 0 Å². The Hall–Kier alpha value is -0.780. The Labute approximate surface area is 81.0 Å². The first kappa shape index (κ1) is 8.80. The first-order valence-corrected chi connectivity index (χ1v) is 5.14. The molecule has 0 nitrogen and oxygen atoms in total. The first-order valence-electron chi connectivity index (χ1n) is 5.14. The number of hydrogen-bond acceptors (Lipinski definition) is 0. The third kappa shape index (κ3) is 1.77. The Bertz CT molecular complexity index is 279. The lowest BCUT2D eigenvalue weighted by molar-refractivity contribution is 0.343. The number of benzene rings is 1. The summed E-state index contributed by atoms with van der Waals surface area (Å²) in [5.74, 6) is 1.73. The molecule has 1 fully saturated rings. The second kappa shape index (κ2) is 2.87. The molecule has 2 rings (SSSR count). The molecule has 1 aliphatic rings. The van der Waals surface area contributed by atoms with Crippen LogP contribution in [0, 0.1) is 11.3 Å². The molecule has 0 N–H and O–H groups in total. The minimum atomic E-state index is 0.487. The summed E-state index contributed by atoms with van der Waals surface area (Å²) < 4.78 is 0. The van der Waals surface area contributed by atoms with Crippen LogP contribution in [0.15, 0.2) is 30.3 Å². The van der Waals surface area contributed by atoms with E-state index in [0.717, 1.165) is 11.8 Å². The molecule has 1 aliphatic carbocycles. The zero-order valence-corrected chi connectivity index (χ0v) is 8.75. The van der Waals surface area contributed by atoms with Crippen LogP contribution in [-0.2, 0) is 0 Å². The van der Waals surface area contributed by atoms with Crippen LogP contribution in [0.3, 0.4) is 0 Å². The smallest absolute Gasteiger partial charge is 0.0125 e. The molecule has 0 heterocycles. The molecule has 0 amide bonds. The Morgan fingerprint density at radius 3 is 2.15 bits per heavy atom. The van der Waals surface area contributed by atoms with E-state index >= 15 is 0 Å². The minimum absolute atomic E-state index is 0.487. The molecule has 2 unspecified atom stereocenters. The molecule has 0 bridgehead atoms. The summed E-state index contributed by atoms with van der Waals surface area (Å²) in [5, 5.41) is 0. The van der Waals surface area contributed by atoms with Crippen molar-refractivity contribution < 1.29 is 0 Å². The van der Waals surface area contributed by atoms with E-state index in [0.29, 0.717) is 5.41 Å². The molecule has 2 atom stereocenters. The summed E-state index contributed by atoms with van der Waals surface area (Å²) in [5.41, 5.74) is 2.02. The van der Waals surface area contributed by atoms with Gasteiger partial charge < -0.3 is 0 Å². The molecule has 0 radical (unpaired) electrons. The minimum Gasteiger partial charge on any atom is -0.0622 e. The highest BCUT2D eigenvalue weighted by Crippen LogP contribution is 2.56. The molecular weight excluding hydrogens is 156 g/mol. The second-order valence-corrected chi connectivity index (χ2v) is 5.23. The van der Waals surface area contributed by atoms with Gasteiger partial charge in [-0.3, -0.25) is 0 Å². The van der Waals surface area contributed by atoms with Crippen molar-refractivity contribution in [2.75, 3.05) is 0 Å². The number of rotatable bonds is 1. The van der Waals surface area contributed by atoms with Gasteiger partial charge in [0.15, 0.2) is 0 Å². The van der Waals surface area contributed by atoms with Crippen molar-refractivity contribution in [2.45, 2.75) is 33.1 Å². The van der Waals surface area contributed by atoms with Gasteiger partial charge in [-0.05, 0) is 29.2 Å². The largest absolute Gasteiger partial charge is 0.0622 e. The van der Waals surface area contributed by atoms with Crippen LogP contribution in [0.2, 0.25) is 0 Å². The molecule has 0 saturated heterocycles. The zero-order valence-electron chi connectivity index (χ0n) is 8.75. The van der Waals surface area contributed by atoms with Gasteiger partial charge in [0, 0.05) is 0 Å². The van der Waals surface area contributed by atoms with Gasteiger partial charge in [0.2, 0.25) is 0 Å². The molecule has 70 valence electrons. The van der Waals surface area contributed by atoms with Gasteiger partial charge in [-0.15, -0.1) is 0 Å². The van der Waals surface area contributed by atoms with E-state index in [1.54, 1.807) is 0 Å². The van der Waals surface area contributed by atoms with E-state index in [2.05, 4.69) is 51.1 Å². The lowest BCUT2D eigenvalue weighted by atomic mass is 9.88. The SMILES string of the molecule is CC(C)(C)C1CC1c1ccccc1. The van der Waals surface area contributed by atoms with Crippen molar-refractivity contribution in [1.82, 2.24) is 0 Å². The van der Waals surface area contributed by atoms with Gasteiger partial charge in [-0.1, -0.05) is 51.1 Å². The van der Waals surface area contributed by atoms with E-state index in [-0.39, 0.29) is 0 Å². The highest BCUT2D eigenvalue weighted by Gasteiger charge is 2.45. The van der Waals surface area contributed by atoms with E-state index in [1.165, 1.54) is 12.0 Å². The Kier molecular flexibility index (Phi) is 1.94. The molecule has 1 aromatic rings. The van der Waals surface area contributed by atoms with Crippen LogP contribution in [0.5, 0.6) is 0 Å². The van der Waals surface area contributed by atoms with Crippen molar-refractivity contribution in [2.24, 2.45) is 11.3 Å². The normalized spacial score (nSPS) is 27.3. The van der Waals surface area contributed by atoms with Crippen molar-refractivity contribution in [1.29, 1.82) is 0 Å². The zero-order chi connectivity index (χ0) is 9.47. The van der Waals surface area contributed by atoms with Crippen LogP contribution in [-0.4, -0.2) is 0 Å². The number of hydrogen-bond donors (Lipinski definition) is 0. The lowest BCUT2D eigenvalue weighted by Gasteiger charge is -2.18. The molecule has 1 aromatic carbocycles. The van der Waals surface area contributed by atoms with Crippen LogP contribution >= 0.6 is 0 Å². The predicted molar refractivity (Wildman–Crippen MR) is 56.7 cm³/mol.